The molecule has 0 fully saturated rings. The second-order valence-electron chi connectivity index (χ2n) is 3.24. The Bertz CT molecular complexity index is 456. The number of benzene rings is 1. The first-order valence-electron chi connectivity index (χ1n) is 4.44. The maximum Gasteiger partial charge on any atom is 0.121 e. The Morgan fingerprint density at radius 3 is 2.73 bits per heavy atom. The fourth-order valence-corrected chi connectivity index (χ4v) is 2.46. The molecule has 1 aromatic carbocycles. The monoisotopic (exact) mass is 283 g/mol. The van der Waals surface area contributed by atoms with Crippen LogP contribution in [0.2, 0.25) is 0 Å². The summed E-state index contributed by atoms with van der Waals surface area (Å²) in [4.78, 5) is 0. The van der Waals surface area contributed by atoms with Crippen molar-refractivity contribution >= 4 is 27.3 Å². The molecule has 0 saturated heterocycles. The van der Waals surface area contributed by atoms with Crippen LogP contribution in [-0.4, -0.2) is 5.11 Å². The summed E-state index contributed by atoms with van der Waals surface area (Å²) in [6.07, 6.45) is 0. The van der Waals surface area contributed by atoms with Crippen LogP contribution in [0.1, 0.15) is 17.2 Å². The second-order valence-corrected chi connectivity index (χ2v) is 4.93. The number of nitrogens with two attached hydrogens (primary N) is 1. The Morgan fingerprint density at radius 1 is 1.33 bits per heavy atom. The van der Waals surface area contributed by atoms with E-state index in [0.717, 1.165) is 15.6 Å². The Kier molecular flexibility index (Phi) is 3.09. The minimum absolute atomic E-state index is 0.225. The lowest BCUT2D eigenvalue weighted by atomic mass is 10.0. The molecule has 0 amide bonds. The highest BCUT2D eigenvalue weighted by molar-refractivity contribution is 9.10. The first-order valence-corrected chi connectivity index (χ1v) is 6.18. The molecule has 4 heteroatoms. The summed E-state index contributed by atoms with van der Waals surface area (Å²) in [6, 6.07) is 7.07. The molecule has 0 saturated carbocycles. The molecule has 0 aliphatic rings. The van der Waals surface area contributed by atoms with E-state index in [-0.39, 0.29) is 11.8 Å². The third-order valence-electron chi connectivity index (χ3n) is 2.23. The van der Waals surface area contributed by atoms with Crippen LogP contribution < -0.4 is 5.73 Å². The molecular weight excluding hydrogens is 274 g/mol. The lowest BCUT2D eigenvalue weighted by Gasteiger charge is -2.12. The number of hydrogen-bond donors (Lipinski definition) is 2. The summed E-state index contributed by atoms with van der Waals surface area (Å²) >= 11 is 4.90. The minimum Gasteiger partial charge on any atom is -0.508 e. The van der Waals surface area contributed by atoms with Gasteiger partial charge in [-0.2, -0.15) is 11.3 Å². The molecule has 1 aromatic heterocycles. The second kappa shape index (κ2) is 4.35. The average molecular weight is 284 g/mol. The maximum absolute atomic E-state index is 9.75. The van der Waals surface area contributed by atoms with E-state index in [4.69, 9.17) is 5.73 Å². The Balaban J connectivity index is 2.38. The van der Waals surface area contributed by atoms with Gasteiger partial charge in [-0.05, 0) is 34.5 Å². The lowest BCUT2D eigenvalue weighted by molar-refractivity contribution is 0.465. The highest BCUT2D eigenvalue weighted by atomic mass is 79.9. The first-order chi connectivity index (χ1) is 7.18. The van der Waals surface area contributed by atoms with Crippen molar-refractivity contribution in [2.45, 2.75) is 6.04 Å². The van der Waals surface area contributed by atoms with Crippen LogP contribution in [0.4, 0.5) is 0 Å². The molecular formula is C11H10BrNOS. The number of rotatable bonds is 2. The quantitative estimate of drug-likeness (QED) is 0.889. The van der Waals surface area contributed by atoms with Gasteiger partial charge in [-0.25, -0.2) is 0 Å². The largest absolute Gasteiger partial charge is 0.508 e. The van der Waals surface area contributed by atoms with Crippen molar-refractivity contribution in [2.24, 2.45) is 5.73 Å². The molecule has 78 valence electrons. The van der Waals surface area contributed by atoms with E-state index < -0.39 is 0 Å². The van der Waals surface area contributed by atoms with E-state index in [2.05, 4.69) is 15.9 Å². The molecule has 15 heavy (non-hydrogen) atoms. The number of thiophene rings is 1. The van der Waals surface area contributed by atoms with Gasteiger partial charge in [-0.1, -0.05) is 22.0 Å². The van der Waals surface area contributed by atoms with Crippen LogP contribution in [0, 0.1) is 0 Å². The molecule has 0 aliphatic heterocycles. The van der Waals surface area contributed by atoms with Crippen molar-refractivity contribution in [3.8, 4) is 5.75 Å². The maximum atomic E-state index is 9.75. The topological polar surface area (TPSA) is 46.2 Å². The van der Waals surface area contributed by atoms with E-state index in [0.29, 0.717) is 0 Å². The summed E-state index contributed by atoms with van der Waals surface area (Å²) in [5.41, 5.74) is 7.82. The highest BCUT2D eigenvalue weighted by Crippen LogP contribution is 2.30. The lowest BCUT2D eigenvalue weighted by Crippen LogP contribution is -2.10. The third kappa shape index (κ3) is 2.22. The summed E-state index contributed by atoms with van der Waals surface area (Å²) in [5, 5.41) is 13.7. The molecule has 0 bridgehead atoms. The normalized spacial score (nSPS) is 12.7. The molecule has 3 N–H and O–H groups in total. The third-order valence-corrected chi connectivity index (χ3v) is 3.42. The van der Waals surface area contributed by atoms with Gasteiger partial charge in [-0.3, -0.25) is 0 Å². The zero-order valence-corrected chi connectivity index (χ0v) is 10.3. The van der Waals surface area contributed by atoms with E-state index in [9.17, 15) is 5.11 Å². The van der Waals surface area contributed by atoms with Gasteiger partial charge in [0.1, 0.15) is 5.75 Å². The number of phenols is 1. The predicted molar refractivity (Wildman–Crippen MR) is 66.2 cm³/mol. The summed E-state index contributed by atoms with van der Waals surface area (Å²) in [7, 11) is 0. The van der Waals surface area contributed by atoms with E-state index in [1.165, 1.54) is 0 Å². The Labute approximate surface area is 100 Å². The SMILES string of the molecule is N[C@H](c1ccsc1)c1ccc(Br)cc1O. The van der Waals surface area contributed by atoms with Crippen LogP contribution in [0.3, 0.4) is 0 Å². The van der Waals surface area contributed by atoms with Gasteiger partial charge >= 0.3 is 0 Å². The molecule has 0 radical (unpaired) electrons. The van der Waals surface area contributed by atoms with E-state index in [1.807, 2.05) is 29.0 Å². The van der Waals surface area contributed by atoms with Gasteiger partial charge in [0.25, 0.3) is 0 Å². The van der Waals surface area contributed by atoms with Gasteiger partial charge in [0, 0.05) is 10.0 Å². The smallest absolute Gasteiger partial charge is 0.121 e. The molecule has 2 nitrogen and oxygen atoms in total. The van der Waals surface area contributed by atoms with Gasteiger partial charge in [0.2, 0.25) is 0 Å². The fourth-order valence-electron chi connectivity index (χ4n) is 1.41. The fraction of sp³-hybridized carbons (Fsp3) is 0.0909. The van der Waals surface area contributed by atoms with Crippen molar-refractivity contribution in [1.82, 2.24) is 0 Å². The van der Waals surface area contributed by atoms with Crippen molar-refractivity contribution in [3.05, 3.63) is 50.6 Å². The predicted octanol–water partition coefficient (Wildman–Crippen LogP) is 3.26. The van der Waals surface area contributed by atoms with Crippen LogP contribution >= 0.6 is 27.3 Å². The van der Waals surface area contributed by atoms with Gasteiger partial charge in [0.05, 0.1) is 6.04 Å². The Hall–Kier alpha value is -0.840. The average Bonchev–Trinajstić information content (AvgIpc) is 2.69. The van der Waals surface area contributed by atoms with Crippen LogP contribution in [0.15, 0.2) is 39.5 Å². The minimum atomic E-state index is -0.260. The van der Waals surface area contributed by atoms with Crippen LogP contribution in [0.25, 0.3) is 0 Å². The molecule has 1 atom stereocenters. The van der Waals surface area contributed by atoms with Gasteiger partial charge < -0.3 is 10.8 Å². The van der Waals surface area contributed by atoms with Crippen molar-refractivity contribution in [3.63, 3.8) is 0 Å². The summed E-state index contributed by atoms with van der Waals surface area (Å²) < 4.78 is 0.848. The number of halogens is 1. The number of hydrogen-bond acceptors (Lipinski definition) is 3. The summed E-state index contributed by atoms with van der Waals surface area (Å²) in [6.45, 7) is 0. The zero-order chi connectivity index (χ0) is 10.8. The first kappa shape index (κ1) is 10.7. The van der Waals surface area contributed by atoms with Gasteiger partial charge in [-0.15, -0.1) is 0 Å². The molecule has 1 heterocycles. The van der Waals surface area contributed by atoms with Crippen molar-refractivity contribution in [2.75, 3.05) is 0 Å². The van der Waals surface area contributed by atoms with Crippen molar-refractivity contribution < 1.29 is 5.11 Å². The number of phenolic OH excluding ortho intramolecular Hbond substituents is 1. The highest BCUT2D eigenvalue weighted by Gasteiger charge is 2.13. The van der Waals surface area contributed by atoms with Crippen LogP contribution in [0.5, 0.6) is 5.75 Å². The van der Waals surface area contributed by atoms with Crippen molar-refractivity contribution in [1.29, 1.82) is 0 Å². The molecule has 0 aliphatic carbocycles. The molecule has 2 rings (SSSR count). The van der Waals surface area contributed by atoms with E-state index >= 15 is 0 Å². The van der Waals surface area contributed by atoms with E-state index in [1.54, 1.807) is 17.4 Å². The zero-order valence-electron chi connectivity index (χ0n) is 7.85. The summed E-state index contributed by atoms with van der Waals surface area (Å²) in [5.74, 6) is 0.225. The van der Waals surface area contributed by atoms with Crippen LogP contribution in [-0.2, 0) is 0 Å². The Morgan fingerprint density at radius 2 is 2.13 bits per heavy atom. The standard InChI is InChI=1S/C11H10BrNOS/c12-8-1-2-9(10(14)5-8)11(13)7-3-4-15-6-7/h1-6,11,14H,13H2/t11-/m1/s1. The van der Waals surface area contributed by atoms with Gasteiger partial charge in [0.15, 0.2) is 0 Å². The molecule has 0 unspecified atom stereocenters. The number of aromatic hydroxyl groups is 1. The molecule has 2 aromatic rings. The molecule has 0 spiro atoms.